The number of unbranched alkanes of at least 4 members (excludes halogenated alkanes) is 8. The van der Waals surface area contributed by atoms with E-state index in [0.29, 0.717) is 38.5 Å². The highest BCUT2D eigenvalue weighted by Gasteiger charge is 2.81. The molecule has 0 aliphatic carbocycles. The summed E-state index contributed by atoms with van der Waals surface area (Å²) in [4.78, 5) is 24.4. The van der Waals surface area contributed by atoms with Crippen molar-refractivity contribution >= 4 is 31.1 Å². The van der Waals surface area contributed by atoms with Gasteiger partial charge in [-0.1, -0.05) is 81.2 Å². The minimum atomic E-state index is -6.87. The van der Waals surface area contributed by atoms with Crippen LogP contribution in [-0.4, -0.2) is 81.4 Å². The standard InChI is InChI=1S/C36H45F10N6O5P/c1-3-32(55-2,19-20-52-24-48-27-28(47)49-31(37)50-29(27)52)23-57-58(54)51-26(22-25-16-12-11-13-17-25)30(53)56-21-15-10-8-6-4-5-7-9-14-18-33(38,39)34(40,41)35(42,43)36(44,45)46/h1,11-13,16-17,24,26,58H,4-10,14-15,18-23H2,2H3,(H,51,54)(H2,47,49,50)/t26-,32-/m0/s1. The van der Waals surface area contributed by atoms with Gasteiger partial charge in [-0.25, -0.2) is 10.1 Å². The van der Waals surface area contributed by atoms with Gasteiger partial charge in [0.05, 0.1) is 19.5 Å². The summed E-state index contributed by atoms with van der Waals surface area (Å²) in [5.74, 6) is -17.3. The van der Waals surface area contributed by atoms with Crippen LogP contribution in [0, 0.1) is 18.4 Å². The summed E-state index contributed by atoms with van der Waals surface area (Å²) < 4.78 is 162. The Bertz CT molecular complexity index is 1830. The molecule has 3 rings (SSSR count). The molecule has 0 amide bonds. The van der Waals surface area contributed by atoms with Crippen LogP contribution in [0.2, 0.25) is 0 Å². The van der Waals surface area contributed by atoms with Gasteiger partial charge in [-0.05, 0) is 24.8 Å². The fourth-order valence-electron chi connectivity index (χ4n) is 5.74. The zero-order valence-electron chi connectivity index (χ0n) is 31.4. The Labute approximate surface area is 328 Å². The van der Waals surface area contributed by atoms with Crippen molar-refractivity contribution in [2.45, 2.75) is 119 Å². The lowest BCUT2D eigenvalue weighted by Crippen LogP contribution is -2.60. The van der Waals surface area contributed by atoms with Crippen molar-refractivity contribution in [3.63, 3.8) is 0 Å². The van der Waals surface area contributed by atoms with Gasteiger partial charge < -0.3 is 24.3 Å². The molecule has 2 aromatic heterocycles. The summed E-state index contributed by atoms with van der Waals surface area (Å²) in [6.07, 6.45) is 0.801. The summed E-state index contributed by atoms with van der Waals surface area (Å²) >= 11 is 0. The van der Waals surface area contributed by atoms with E-state index < -0.39 is 68.7 Å². The van der Waals surface area contributed by atoms with Crippen molar-refractivity contribution in [1.29, 1.82) is 0 Å². The molecule has 0 aliphatic heterocycles. The number of anilines is 1. The second-order valence-corrected chi connectivity index (χ2v) is 14.6. The van der Waals surface area contributed by atoms with E-state index >= 15 is 0 Å². The third kappa shape index (κ3) is 13.0. The number of aromatic nitrogens is 4. The molecular formula is C36H45F10N6O5P. The predicted molar refractivity (Wildman–Crippen MR) is 193 cm³/mol. The molecule has 1 unspecified atom stereocenters. The monoisotopic (exact) mass is 862 g/mol. The Balaban J connectivity index is 1.40. The minimum Gasteiger partial charge on any atom is -0.465 e. The normalized spacial score (nSPS) is 14.9. The number of aryl methyl sites for hydroxylation is 1. The number of methoxy groups -OCH3 is 1. The van der Waals surface area contributed by atoms with Crippen LogP contribution in [-0.2, 0) is 36.3 Å². The first kappa shape index (κ1) is 48.4. The lowest BCUT2D eigenvalue weighted by atomic mass is 9.97. The highest BCUT2D eigenvalue weighted by atomic mass is 31.1. The van der Waals surface area contributed by atoms with E-state index in [1.165, 1.54) is 18.0 Å². The number of benzene rings is 1. The molecule has 2 heterocycles. The molecule has 0 spiro atoms. The molecule has 22 heteroatoms. The number of fused-ring (bicyclic) bond motifs is 1. The smallest absolute Gasteiger partial charge is 0.460 e. The van der Waals surface area contributed by atoms with Crippen LogP contribution in [0.15, 0.2) is 36.7 Å². The number of terminal acetylenes is 1. The number of carbonyl (C=O) groups excluding carboxylic acids is 1. The maximum atomic E-state index is 13.8. The number of ether oxygens (including phenoxy) is 2. The molecule has 0 radical (unpaired) electrons. The third-order valence-corrected chi connectivity index (χ3v) is 10.2. The van der Waals surface area contributed by atoms with Crippen LogP contribution in [0.4, 0.5) is 49.7 Å². The van der Waals surface area contributed by atoms with E-state index in [1.807, 2.05) is 0 Å². The van der Waals surface area contributed by atoms with Gasteiger partial charge in [-0.15, -0.1) is 6.42 Å². The topological polar surface area (TPSA) is 143 Å². The van der Waals surface area contributed by atoms with Crippen LogP contribution >= 0.6 is 8.18 Å². The molecule has 0 bridgehead atoms. The number of rotatable bonds is 26. The molecule has 3 aromatic rings. The molecule has 0 saturated carbocycles. The quantitative estimate of drug-likeness (QED) is 0.0202. The number of nitrogens with one attached hydrogen (secondary N) is 1. The summed E-state index contributed by atoms with van der Waals surface area (Å²) in [7, 11) is -1.79. The van der Waals surface area contributed by atoms with Crippen molar-refractivity contribution in [1.82, 2.24) is 24.6 Å². The first-order chi connectivity index (χ1) is 27.2. The first-order valence-corrected chi connectivity index (χ1v) is 19.5. The molecule has 3 atom stereocenters. The van der Waals surface area contributed by atoms with E-state index in [2.05, 4.69) is 26.0 Å². The van der Waals surface area contributed by atoms with Crippen LogP contribution in [0.5, 0.6) is 0 Å². The van der Waals surface area contributed by atoms with Gasteiger partial charge in [0.15, 0.2) is 17.1 Å². The molecule has 3 N–H and O–H groups in total. The maximum Gasteiger partial charge on any atom is 0.460 e. The average Bonchev–Trinajstić information content (AvgIpc) is 3.58. The highest BCUT2D eigenvalue weighted by Crippen LogP contribution is 2.54. The van der Waals surface area contributed by atoms with Gasteiger partial charge in [-0.3, -0.25) is 9.36 Å². The third-order valence-electron chi connectivity index (χ3n) is 9.26. The van der Waals surface area contributed by atoms with Crippen LogP contribution in [0.3, 0.4) is 0 Å². The van der Waals surface area contributed by atoms with Gasteiger partial charge in [0, 0.05) is 26.5 Å². The average molecular weight is 863 g/mol. The maximum absolute atomic E-state index is 13.8. The number of carbonyl (C=O) groups is 1. The van der Waals surface area contributed by atoms with E-state index in [-0.39, 0.29) is 62.4 Å². The number of hydrogen-bond donors (Lipinski definition) is 2. The zero-order chi connectivity index (χ0) is 43.2. The van der Waals surface area contributed by atoms with Gasteiger partial charge in [0.25, 0.3) is 8.18 Å². The number of hydrogen-bond acceptors (Lipinski definition) is 9. The lowest BCUT2D eigenvalue weighted by molar-refractivity contribution is -0.396. The first-order valence-electron chi connectivity index (χ1n) is 18.2. The van der Waals surface area contributed by atoms with Crippen LogP contribution in [0.1, 0.15) is 76.2 Å². The van der Waals surface area contributed by atoms with Gasteiger partial charge >= 0.3 is 36.0 Å². The molecule has 11 nitrogen and oxygen atoms in total. The number of nitrogens with zero attached hydrogens (tertiary/aromatic N) is 4. The van der Waals surface area contributed by atoms with E-state index in [1.54, 1.807) is 30.3 Å². The minimum absolute atomic E-state index is 0.0348. The number of imidazole rings is 1. The van der Waals surface area contributed by atoms with Crippen molar-refractivity contribution < 1.29 is 67.3 Å². The zero-order valence-corrected chi connectivity index (χ0v) is 32.4. The number of nitrogen functional groups attached to an aromatic ring is 1. The fourth-order valence-corrected chi connectivity index (χ4v) is 6.69. The van der Waals surface area contributed by atoms with Crippen molar-refractivity contribution in [3.8, 4) is 12.3 Å². The molecule has 1 aromatic carbocycles. The molecule has 0 fully saturated rings. The number of alkyl halides is 9. The Hall–Kier alpha value is -3.99. The van der Waals surface area contributed by atoms with Gasteiger partial charge in [0.1, 0.15) is 11.6 Å². The molecule has 324 valence electrons. The van der Waals surface area contributed by atoms with Gasteiger partial charge in [-0.2, -0.15) is 53.9 Å². The summed E-state index contributed by atoms with van der Waals surface area (Å²) in [5.41, 5.74) is 5.39. The summed E-state index contributed by atoms with van der Waals surface area (Å²) in [5, 5.41) is 2.69. The fraction of sp³-hybridized carbons (Fsp3) is 0.611. The van der Waals surface area contributed by atoms with E-state index in [0.717, 1.165) is 5.56 Å². The largest absolute Gasteiger partial charge is 0.465 e. The number of halogens is 10. The Morgan fingerprint density at radius 1 is 0.914 bits per heavy atom. The molecule has 0 aliphatic rings. The molecular weight excluding hydrogens is 817 g/mol. The van der Waals surface area contributed by atoms with Crippen molar-refractivity contribution in [2.24, 2.45) is 0 Å². The number of esters is 1. The lowest BCUT2D eigenvalue weighted by Gasteiger charge is -2.33. The molecule has 0 saturated heterocycles. The summed E-state index contributed by atoms with van der Waals surface area (Å²) in [6, 6.07) is 7.79. The second kappa shape index (κ2) is 21.3. The van der Waals surface area contributed by atoms with Crippen LogP contribution in [0.25, 0.3) is 11.2 Å². The SMILES string of the molecule is C#C[C@](CCn1cnc2c(N)nc(F)nc21)(CO[PH](=O)N[C@@H](Cc1ccccc1)C(=O)OCCCCCCCCCCCC(F)(F)C(F)(F)C(F)(F)C(F)(F)F)OC. The summed E-state index contributed by atoms with van der Waals surface area (Å²) in [6.45, 7) is -0.182. The number of nitrogens with two attached hydrogens (primary N) is 1. The highest BCUT2D eigenvalue weighted by molar-refractivity contribution is 7.36. The van der Waals surface area contributed by atoms with Crippen LogP contribution < -0.4 is 10.8 Å². The Morgan fingerprint density at radius 2 is 1.52 bits per heavy atom. The second-order valence-electron chi connectivity index (χ2n) is 13.5. The van der Waals surface area contributed by atoms with Crippen molar-refractivity contribution in [3.05, 3.63) is 48.3 Å². The van der Waals surface area contributed by atoms with E-state index in [4.69, 9.17) is 26.2 Å². The van der Waals surface area contributed by atoms with Gasteiger partial charge in [0.2, 0.25) is 0 Å². The van der Waals surface area contributed by atoms with Crippen molar-refractivity contribution in [2.75, 3.05) is 26.1 Å². The Kier molecular flexibility index (Phi) is 17.8. The van der Waals surface area contributed by atoms with E-state index in [9.17, 15) is 53.3 Å². The Morgan fingerprint density at radius 3 is 2.10 bits per heavy atom. The predicted octanol–water partition coefficient (Wildman–Crippen LogP) is 8.48. The molecule has 58 heavy (non-hydrogen) atoms.